The van der Waals surface area contributed by atoms with E-state index in [2.05, 4.69) is 10.2 Å². The van der Waals surface area contributed by atoms with Crippen molar-refractivity contribution in [1.82, 2.24) is 14.8 Å². The molecule has 0 unspecified atom stereocenters. The Morgan fingerprint density at radius 3 is 2.74 bits per heavy atom. The molecular formula is C12H15N3O2S2. The number of carboxylic acid groups (broad SMARTS) is 1. The molecular weight excluding hydrogens is 282 g/mol. The van der Waals surface area contributed by atoms with Gasteiger partial charge in [-0.1, -0.05) is 11.8 Å². The van der Waals surface area contributed by atoms with Gasteiger partial charge in [0.1, 0.15) is 0 Å². The minimum atomic E-state index is -0.850. The highest BCUT2D eigenvalue weighted by atomic mass is 32.2. The van der Waals surface area contributed by atoms with Gasteiger partial charge in [0.15, 0.2) is 11.0 Å². The molecule has 5 nitrogen and oxygen atoms in total. The van der Waals surface area contributed by atoms with Crippen LogP contribution in [0.15, 0.2) is 17.3 Å². The van der Waals surface area contributed by atoms with Gasteiger partial charge in [-0.25, -0.2) is 0 Å². The van der Waals surface area contributed by atoms with Crippen LogP contribution in [0.1, 0.15) is 24.8 Å². The Kier molecular flexibility index (Phi) is 4.26. The molecule has 0 saturated heterocycles. The minimum Gasteiger partial charge on any atom is -0.481 e. The topological polar surface area (TPSA) is 68.0 Å². The van der Waals surface area contributed by atoms with E-state index >= 15 is 0 Å². The fourth-order valence-corrected chi connectivity index (χ4v) is 3.33. The number of thioether (sulfide) groups is 1. The molecule has 0 amide bonds. The van der Waals surface area contributed by atoms with Crippen LogP contribution >= 0.6 is 23.1 Å². The van der Waals surface area contributed by atoms with E-state index in [9.17, 15) is 4.79 Å². The molecule has 2 heterocycles. The molecule has 0 aliphatic carbocycles. The van der Waals surface area contributed by atoms with E-state index in [-0.39, 0.29) is 11.8 Å². The minimum absolute atomic E-state index is 0.00563. The summed E-state index contributed by atoms with van der Waals surface area (Å²) in [6, 6.07) is 4.25. The van der Waals surface area contributed by atoms with E-state index in [0.717, 1.165) is 10.7 Å². The summed E-state index contributed by atoms with van der Waals surface area (Å²) >= 11 is 2.86. The highest BCUT2D eigenvalue weighted by molar-refractivity contribution is 7.99. The maximum absolute atomic E-state index is 10.7. The highest BCUT2D eigenvalue weighted by Gasteiger charge is 2.18. The number of hydrogen-bond donors (Lipinski definition) is 1. The highest BCUT2D eigenvalue weighted by Crippen LogP contribution is 2.31. The Balaban J connectivity index is 2.37. The standard InChI is InChI=1S/C12H15N3O2S2/c1-7(2)15-11(9-5-4-8(3)19-9)13-14-12(15)18-6-10(16)17/h4-5,7H,6H2,1-3H3,(H,16,17). The summed E-state index contributed by atoms with van der Waals surface area (Å²) in [5.41, 5.74) is 0. The first kappa shape index (κ1) is 14.1. The van der Waals surface area contributed by atoms with Gasteiger partial charge in [0.05, 0.1) is 10.6 Å². The Morgan fingerprint density at radius 1 is 1.47 bits per heavy atom. The average molecular weight is 297 g/mol. The molecule has 7 heteroatoms. The second kappa shape index (κ2) is 5.75. The molecule has 2 aromatic rings. The monoisotopic (exact) mass is 297 g/mol. The predicted octanol–water partition coefficient (Wildman–Crippen LogP) is 3.07. The molecule has 0 aliphatic heterocycles. The predicted molar refractivity (Wildman–Crippen MR) is 76.8 cm³/mol. The summed E-state index contributed by atoms with van der Waals surface area (Å²) in [5.74, 6) is -0.0493. The lowest BCUT2D eigenvalue weighted by atomic mass is 10.3. The normalized spacial score (nSPS) is 11.2. The maximum atomic E-state index is 10.7. The molecule has 0 atom stereocenters. The third kappa shape index (κ3) is 3.16. The molecule has 102 valence electrons. The van der Waals surface area contributed by atoms with Gasteiger partial charge in [-0.05, 0) is 32.9 Å². The Bertz CT molecular complexity index is 590. The fraction of sp³-hybridized carbons (Fsp3) is 0.417. The zero-order valence-electron chi connectivity index (χ0n) is 11.0. The van der Waals surface area contributed by atoms with Crippen LogP contribution in [0.3, 0.4) is 0 Å². The van der Waals surface area contributed by atoms with Crippen molar-refractivity contribution >= 4 is 29.1 Å². The van der Waals surface area contributed by atoms with Crippen molar-refractivity contribution in [1.29, 1.82) is 0 Å². The lowest BCUT2D eigenvalue weighted by Crippen LogP contribution is -2.06. The van der Waals surface area contributed by atoms with Gasteiger partial charge < -0.3 is 5.11 Å². The first-order chi connectivity index (χ1) is 8.99. The van der Waals surface area contributed by atoms with Crippen molar-refractivity contribution in [3.05, 3.63) is 17.0 Å². The third-order valence-electron chi connectivity index (χ3n) is 2.47. The van der Waals surface area contributed by atoms with Crippen LogP contribution in [-0.2, 0) is 4.79 Å². The molecule has 0 fully saturated rings. The van der Waals surface area contributed by atoms with Crippen molar-refractivity contribution < 1.29 is 9.90 Å². The van der Waals surface area contributed by atoms with Gasteiger partial charge in [-0.15, -0.1) is 21.5 Å². The Hall–Kier alpha value is -1.34. The fourth-order valence-electron chi connectivity index (χ4n) is 1.69. The Morgan fingerprint density at radius 2 is 2.21 bits per heavy atom. The zero-order valence-corrected chi connectivity index (χ0v) is 12.6. The van der Waals surface area contributed by atoms with E-state index in [4.69, 9.17) is 5.11 Å². The van der Waals surface area contributed by atoms with Crippen molar-refractivity contribution in [2.75, 3.05) is 5.75 Å². The number of thiophene rings is 1. The van der Waals surface area contributed by atoms with Crippen molar-refractivity contribution in [3.63, 3.8) is 0 Å². The van der Waals surface area contributed by atoms with Crippen molar-refractivity contribution in [2.45, 2.75) is 32.0 Å². The Labute approximate surface area is 119 Å². The molecule has 0 saturated carbocycles. The number of nitrogens with zero attached hydrogens (tertiary/aromatic N) is 3. The van der Waals surface area contributed by atoms with Gasteiger partial charge in [0.25, 0.3) is 0 Å². The van der Waals surface area contributed by atoms with Crippen LogP contribution in [-0.4, -0.2) is 31.6 Å². The first-order valence-electron chi connectivity index (χ1n) is 5.85. The smallest absolute Gasteiger partial charge is 0.313 e. The molecule has 0 bridgehead atoms. The lowest BCUT2D eigenvalue weighted by Gasteiger charge is -2.12. The van der Waals surface area contributed by atoms with E-state index in [1.54, 1.807) is 11.3 Å². The van der Waals surface area contributed by atoms with E-state index < -0.39 is 5.97 Å². The van der Waals surface area contributed by atoms with Gasteiger partial charge >= 0.3 is 5.97 Å². The number of rotatable bonds is 5. The van der Waals surface area contributed by atoms with Crippen LogP contribution in [0.25, 0.3) is 10.7 Å². The second-order valence-electron chi connectivity index (χ2n) is 4.36. The van der Waals surface area contributed by atoms with Crippen LogP contribution < -0.4 is 0 Å². The molecule has 1 N–H and O–H groups in total. The summed E-state index contributed by atoms with van der Waals surface area (Å²) in [7, 11) is 0. The van der Waals surface area contributed by atoms with Crippen molar-refractivity contribution in [3.8, 4) is 10.7 Å². The van der Waals surface area contributed by atoms with E-state index in [1.807, 2.05) is 37.5 Å². The number of hydrogen-bond acceptors (Lipinski definition) is 5. The van der Waals surface area contributed by atoms with Gasteiger partial charge in [0.2, 0.25) is 0 Å². The summed E-state index contributed by atoms with van der Waals surface area (Å²) in [5, 5.41) is 17.7. The van der Waals surface area contributed by atoms with Crippen molar-refractivity contribution in [2.24, 2.45) is 0 Å². The second-order valence-corrected chi connectivity index (χ2v) is 6.59. The third-order valence-corrected chi connectivity index (χ3v) is 4.39. The average Bonchev–Trinajstić information content (AvgIpc) is 2.91. The SMILES string of the molecule is Cc1ccc(-c2nnc(SCC(=O)O)n2C(C)C)s1. The number of aryl methyl sites for hydroxylation is 1. The van der Waals surface area contributed by atoms with Crippen LogP contribution in [0, 0.1) is 6.92 Å². The summed E-state index contributed by atoms with van der Waals surface area (Å²) < 4.78 is 1.98. The first-order valence-corrected chi connectivity index (χ1v) is 7.65. The van der Waals surface area contributed by atoms with Crippen LogP contribution in [0.4, 0.5) is 0 Å². The lowest BCUT2D eigenvalue weighted by molar-refractivity contribution is -0.133. The largest absolute Gasteiger partial charge is 0.481 e. The molecule has 2 rings (SSSR count). The molecule has 0 aromatic carbocycles. The van der Waals surface area contributed by atoms with Crippen LogP contribution in [0.5, 0.6) is 0 Å². The van der Waals surface area contributed by atoms with E-state index in [0.29, 0.717) is 5.16 Å². The van der Waals surface area contributed by atoms with Gasteiger partial charge in [0, 0.05) is 10.9 Å². The quantitative estimate of drug-likeness (QED) is 0.859. The maximum Gasteiger partial charge on any atom is 0.313 e. The molecule has 19 heavy (non-hydrogen) atoms. The van der Waals surface area contributed by atoms with Gasteiger partial charge in [-0.2, -0.15) is 0 Å². The number of carboxylic acids is 1. The zero-order chi connectivity index (χ0) is 14.0. The summed E-state index contributed by atoms with van der Waals surface area (Å²) in [6.07, 6.45) is 0. The number of aromatic nitrogens is 3. The number of aliphatic carboxylic acids is 1. The molecule has 0 spiro atoms. The van der Waals surface area contributed by atoms with Gasteiger partial charge in [-0.3, -0.25) is 9.36 Å². The molecule has 0 radical (unpaired) electrons. The molecule has 2 aromatic heterocycles. The van der Waals surface area contributed by atoms with E-state index in [1.165, 1.54) is 16.6 Å². The number of carbonyl (C=O) groups is 1. The van der Waals surface area contributed by atoms with Crippen LogP contribution in [0.2, 0.25) is 0 Å². The molecule has 0 aliphatic rings. The summed E-state index contributed by atoms with van der Waals surface area (Å²) in [6.45, 7) is 6.13. The summed E-state index contributed by atoms with van der Waals surface area (Å²) in [4.78, 5) is 12.9.